The highest BCUT2D eigenvalue weighted by atomic mass is 16.5. The molecule has 0 aliphatic heterocycles. The second-order valence-corrected chi connectivity index (χ2v) is 10.1. The zero-order valence-electron chi connectivity index (χ0n) is 24.2. The highest BCUT2D eigenvalue weighted by molar-refractivity contribution is 5.96. The third-order valence-electron chi connectivity index (χ3n) is 6.23. The number of hydrogen-bond donors (Lipinski definition) is 3. The van der Waals surface area contributed by atoms with Crippen molar-refractivity contribution in [3.05, 3.63) is 64.5 Å². The molecule has 0 radical (unpaired) electrons. The maximum absolute atomic E-state index is 13.3. The largest absolute Gasteiger partial charge is 0.464 e. The summed E-state index contributed by atoms with van der Waals surface area (Å²) in [7, 11) is 4.36. The van der Waals surface area contributed by atoms with E-state index in [1.807, 2.05) is 13.8 Å². The van der Waals surface area contributed by atoms with Gasteiger partial charge in [-0.25, -0.2) is 24.1 Å². The lowest BCUT2D eigenvalue weighted by Gasteiger charge is -2.17. The Morgan fingerprint density at radius 1 is 1.19 bits per heavy atom. The average Bonchev–Trinajstić information content (AvgIpc) is 3.31. The molecular formula is C28H35N7O7. The van der Waals surface area contributed by atoms with Crippen LogP contribution in [0.2, 0.25) is 0 Å². The molecule has 0 bridgehead atoms. The predicted molar refractivity (Wildman–Crippen MR) is 154 cm³/mol. The van der Waals surface area contributed by atoms with Crippen molar-refractivity contribution >= 4 is 40.9 Å². The number of methoxy groups -OCH3 is 1. The van der Waals surface area contributed by atoms with E-state index in [1.54, 1.807) is 26.2 Å². The molecule has 3 aromatic heterocycles. The number of carboxylic acid groups (broad SMARTS) is 1. The molecule has 3 N–H and O–H groups in total. The van der Waals surface area contributed by atoms with Crippen molar-refractivity contribution in [2.24, 2.45) is 5.92 Å². The average molecular weight is 582 g/mol. The van der Waals surface area contributed by atoms with E-state index in [9.17, 15) is 29.1 Å². The molecule has 3 amide bonds. The van der Waals surface area contributed by atoms with Crippen LogP contribution in [0.5, 0.6) is 0 Å². The minimum Gasteiger partial charge on any atom is -0.464 e. The van der Waals surface area contributed by atoms with Crippen molar-refractivity contribution in [3.8, 4) is 0 Å². The number of fused-ring (bicyclic) bond motifs is 1. The number of allylic oxidation sites excluding steroid dienone is 1. The van der Waals surface area contributed by atoms with E-state index in [-0.39, 0.29) is 42.5 Å². The highest BCUT2D eigenvalue weighted by Crippen LogP contribution is 2.21. The number of carbonyl (C=O) groups excluding carboxylic acids is 3. The summed E-state index contributed by atoms with van der Waals surface area (Å²) in [4.78, 5) is 72.3. The predicted octanol–water partition coefficient (Wildman–Crippen LogP) is 2.45. The maximum atomic E-state index is 13.3. The molecule has 3 heterocycles. The summed E-state index contributed by atoms with van der Waals surface area (Å²) in [6.07, 6.45) is 4.84. The van der Waals surface area contributed by atoms with Crippen LogP contribution in [0.15, 0.2) is 47.5 Å². The smallest absolute Gasteiger partial charge is 0.418 e. The molecule has 224 valence electrons. The van der Waals surface area contributed by atoms with E-state index in [4.69, 9.17) is 0 Å². The molecule has 1 atom stereocenters. The van der Waals surface area contributed by atoms with Crippen LogP contribution in [0.25, 0.3) is 11.2 Å². The number of hydrogen-bond acceptors (Lipinski definition) is 8. The fraction of sp³-hybridized carbons (Fsp3) is 0.393. The molecule has 0 saturated heterocycles. The normalized spacial score (nSPS) is 12.0. The van der Waals surface area contributed by atoms with Crippen molar-refractivity contribution in [2.75, 3.05) is 26.5 Å². The Hall–Kier alpha value is -5.01. The Labute approximate surface area is 242 Å². The first-order valence-corrected chi connectivity index (χ1v) is 13.2. The van der Waals surface area contributed by atoms with Crippen molar-refractivity contribution in [3.63, 3.8) is 0 Å². The van der Waals surface area contributed by atoms with Crippen LogP contribution in [0, 0.1) is 5.92 Å². The highest BCUT2D eigenvalue weighted by Gasteiger charge is 2.23. The van der Waals surface area contributed by atoms with Gasteiger partial charge >= 0.3 is 12.2 Å². The number of imidazole rings is 1. The number of likely N-dealkylation sites (N-methyl/N-ethyl adjacent to an activating group) is 1. The zero-order chi connectivity index (χ0) is 31.0. The third kappa shape index (κ3) is 7.80. The van der Waals surface area contributed by atoms with E-state index < -0.39 is 29.7 Å². The number of nitrogens with zero attached hydrogens (tertiary/aromatic N) is 5. The second kappa shape index (κ2) is 14.1. The number of aromatic nitrogens is 4. The zero-order valence-corrected chi connectivity index (χ0v) is 24.2. The van der Waals surface area contributed by atoms with Gasteiger partial charge in [-0.3, -0.25) is 14.4 Å². The lowest BCUT2D eigenvalue weighted by atomic mass is 10.0. The molecule has 0 fully saturated rings. The quantitative estimate of drug-likeness (QED) is 0.287. The molecule has 0 aromatic carbocycles. The molecule has 3 aromatic rings. The number of carbonyl (C=O) groups is 4. The summed E-state index contributed by atoms with van der Waals surface area (Å²) >= 11 is 0. The summed E-state index contributed by atoms with van der Waals surface area (Å²) in [5, 5.41) is 14.9. The van der Waals surface area contributed by atoms with Crippen LogP contribution in [0.4, 0.5) is 15.3 Å². The molecule has 0 spiro atoms. The van der Waals surface area contributed by atoms with Gasteiger partial charge in [-0.15, -0.1) is 0 Å². The number of alkyl carbamates (subject to hydrolysis) is 1. The van der Waals surface area contributed by atoms with Crippen LogP contribution >= 0.6 is 0 Å². The van der Waals surface area contributed by atoms with Gasteiger partial charge in [0.25, 0.3) is 5.56 Å². The van der Waals surface area contributed by atoms with Gasteiger partial charge in [0.2, 0.25) is 11.8 Å². The SMILES string of the molecule is COC(=O)NC(CCC=CC(=O)N(C)C)C(=O)Nc1cccn(Cc2nc3c(CC(C)C)ccnc3n2C(=O)O)c1=O. The van der Waals surface area contributed by atoms with Crippen molar-refractivity contribution in [1.29, 1.82) is 0 Å². The van der Waals surface area contributed by atoms with Crippen LogP contribution in [0.1, 0.15) is 38.1 Å². The minimum absolute atomic E-state index is 0.0797. The summed E-state index contributed by atoms with van der Waals surface area (Å²) in [5.74, 6) is -0.532. The Balaban J connectivity index is 1.86. The van der Waals surface area contributed by atoms with Crippen LogP contribution in [-0.4, -0.2) is 80.4 Å². The van der Waals surface area contributed by atoms with Crippen LogP contribution < -0.4 is 16.2 Å². The summed E-state index contributed by atoms with van der Waals surface area (Å²) in [6.45, 7) is 3.87. The topological polar surface area (TPSA) is 178 Å². The van der Waals surface area contributed by atoms with E-state index in [0.29, 0.717) is 17.9 Å². The molecule has 0 aliphatic carbocycles. The molecule has 14 nitrogen and oxygen atoms in total. The van der Waals surface area contributed by atoms with E-state index >= 15 is 0 Å². The van der Waals surface area contributed by atoms with Crippen molar-refractivity contribution in [1.82, 2.24) is 29.3 Å². The van der Waals surface area contributed by atoms with Gasteiger partial charge < -0.3 is 29.9 Å². The molecule has 42 heavy (non-hydrogen) atoms. The molecule has 3 rings (SSSR count). The first kappa shape index (κ1) is 31.5. The molecule has 14 heteroatoms. The fourth-order valence-corrected chi connectivity index (χ4v) is 4.17. The van der Waals surface area contributed by atoms with Gasteiger partial charge in [-0.05, 0) is 55.0 Å². The first-order chi connectivity index (χ1) is 19.9. The maximum Gasteiger partial charge on any atom is 0.418 e. The molecular weight excluding hydrogens is 546 g/mol. The molecule has 0 aliphatic rings. The fourth-order valence-electron chi connectivity index (χ4n) is 4.17. The number of pyridine rings is 2. The van der Waals surface area contributed by atoms with Gasteiger partial charge in [0.05, 0.1) is 13.7 Å². The van der Waals surface area contributed by atoms with Crippen molar-refractivity contribution in [2.45, 2.75) is 45.7 Å². The number of anilines is 1. The van der Waals surface area contributed by atoms with Gasteiger partial charge in [0, 0.05) is 26.5 Å². The number of ether oxygens (including phenoxy) is 1. The van der Waals surface area contributed by atoms with Gasteiger partial charge in [0.15, 0.2) is 5.65 Å². The van der Waals surface area contributed by atoms with E-state index in [0.717, 1.165) is 17.2 Å². The minimum atomic E-state index is -1.29. The lowest BCUT2D eigenvalue weighted by molar-refractivity contribution is -0.123. The Kier molecular flexibility index (Phi) is 10.5. The lowest BCUT2D eigenvalue weighted by Crippen LogP contribution is -2.44. The van der Waals surface area contributed by atoms with Gasteiger partial charge in [0.1, 0.15) is 23.1 Å². The van der Waals surface area contributed by atoms with Crippen molar-refractivity contribution < 1.29 is 29.0 Å². The second-order valence-electron chi connectivity index (χ2n) is 10.1. The van der Waals surface area contributed by atoms with E-state index in [2.05, 4.69) is 25.3 Å². The Bertz CT molecular complexity index is 1560. The van der Waals surface area contributed by atoms with Gasteiger partial charge in [-0.1, -0.05) is 19.9 Å². The molecule has 1 unspecified atom stereocenters. The van der Waals surface area contributed by atoms with E-state index in [1.165, 1.54) is 40.1 Å². The van der Waals surface area contributed by atoms with Gasteiger partial charge in [-0.2, -0.15) is 0 Å². The number of nitrogens with one attached hydrogen (secondary N) is 2. The number of amides is 3. The standard InChI is InChI=1S/C28H35N7O7/c1-17(2)15-18-12-13-29-24-23(18)32-21(35(24)28(40)41)16-34-14-8-10-20(26(34)38)30-25(37)19(31-27(39)42-5)9-6-7-11-22(36)33(3)4/h7-8,10-14,17,19H,6,9,15-16H2,1-5H3,(H,30,37)(H,31,39)(H,40,41). The van der Waals surface area contributed by atoms with Crippen LogP contribution in [0.3, 0.4) is 0 Å². The summed E-state index contributed by atoms with van der Waals surface area (Å²) in [6, 6.07) is 3.63. The Morgan fingerprint density at radius 2 is 1.93 bits per heavy atom. The first-order valence-electron chi connectivity index (χ1n) is 13.2. The summed E-state index contributed by atoms with van der Waals surface area (Å²) < 4.78 is 6.78. The third-order valence-corrected chi connectivity index (χ3v) is 6.23. The van der Waals surface area contributed by atoms with Crippen LogP contribution in [-0.2, 0) is 27.3 Å². The summed E-state index contributed by atoms with van der Waals surface area (Å²) in [5.41, 5.74) is 0.757. The number of rotatable bonds is 11. The monoisotopic (exact) mass is 581 g/mol. The Morgan fingerprint density at radius 3 is 2.57 bits per heavy atom. The molecule has 0 saturated carbocycles.